The summed E-state index contributed by atoms with van der Waals surface area (Å²) in [6, 6.07) is 0. The number of thioether (sulfide) groups is 1. The molecule has 2 unspecified atom stereocenters. The van der Waals surface area contributed by atoms with E-state index in [0.717, 1.165) is 17.9 Å². The first-order valence-corrected chi connectivity index (χ1v) is 6.05. The second-order valence-corrected chi connectivity index (χ2v) is 5.32. The molecule has 0 bridgehead atoms. The zero-order valence-corrected chi connectivity index (χ0v) is 10.0. The number of nitrogens with zero attached hydrogens (tertiary/aromatic N) is 2. The Morgan fingerprint density at radius 3 is 3.00 bits per heavy atom. The van der Waals surface area contributed by atoms with Crippen molar-refractivity contribution >= 4 is 11.8 Å². The minimum absolute atomic E-state index is 0.182. The maximum atomic E-state index is 10.7. The minimum atomic E-state index is -0.804. The van der Waals surface area contributed by atoms with Gasteiger partial charge in [0.15, 0.2) is 5.75 Å². The molecule has 0 saturated carbocycles. The van der Waals surface area contributed by atoms with E-state index >= 15 is 0 Å². The smallest absolute Gasteiger partial charge is 0.162 e. The van der Waals surface area contributed by atoms with Crippen molar-refractivity contribution < 1.29 is 9.84 Å². The number of hydrogen-bond acceptors (Lipinski definition) is 4. The number of aryl methyl sites for hydroxylation is 1. The van der Waals surface area contributed by atoms with Crippen LogP contribution in [0.4, 0.5) is 0 Å². The summed E-state index contributed by atoms with van der Waals surface area (Å²) < 4.78 is 6.95. The van der Waals surface area contributed by atoms with Crippen molar-refractivity contribution in [2.24, 2.45) is 7.05 Å². The summed E-state index contributed by atoms with van der Waals surface area (Å²) in [5.41, 5.74) is -0.0103. The molecule has 1 N–H and O–H groups in total. The van der Waals surface area contributed by atoms with Crippen LogP contribution in [-0.4, -0.2) is 33.0 Å². The SMILES string of the molecule is COc1cnn(C)c1C1(O)CCSC1C. The van der Waals surface area contributed by atoms with Crippen LogP contribution in [0.5, 0.6) is 5.75 Å². The first kappa shape index (κ1) is 10.8. The average molecular weight is 228 g/mol. The third-order valence-corrected chi connectivity index (χ3v) is 4.39. The molecule has 1 aromatic rings. The van der Waals surface area contributed by atoms with Gasteiger partial charge in [-0.15, -0.1) is 0 Å². The van der Waals surface area contributed by atoms with Crippen molar-refractivity contribution in [3.63, 3.8) is 0 Å². The highest BCUT2D eigenvalue weighted by Crippen LogP contribution is 2.45. The molecule has 0 aliphatic carbocycles. The normalized spacial score (nSPS) is 30.8. The van der Waals surface area contributed by atoms with Crippen LogP contribution < -0.4 is 4.74 Å². The van der Waals surface area contributed by atoms with Crippen molar-refractivity contribution in [2.75, 3.05) is 12.9 Å². The molecule has 0 spiro atoms. The van der Waals surface area contributed by atoms with E-state index in [9.17, 15) is 5.11 Å². The standard InChI is InChI=1S/C10H16N2O2S/c1-7-10(13,4-5-15-7)9-8(14-3)6-11-12(9)2/h6-7,13H,4-5H2,1-3H3. The van der Waals surface area contributed by atoms with Crippen molar-refractivity contribution in [3.05, 3.63) is 11.9 Å². The van der Waals surface area contributed by atoms with E-state index in [-0.39, 0.29) is 5.25 Å². The van der Waals surface area contributed by atoms with Gasteiger partial charge >= 0.3 is 0 Å². The van der Waals surface area contributed by atoms with Gasteiger partial charge in [-0.3, -0.25) is 4.68 Å². The summed E-state index contributed by atoms with van der Waals surface area (Å²) >= 11 is 1.78. The Morgan fingerprint density at radius 2 is 2.47 bits per heavy atom. The molecule has 1 fully saturated rings. The Hall–Kier alpha value is -0.680. The Morgan fingerprint density at radius 1 is 1.73 bits per heavy atom. The van der Waals surface area contributed by atoms with E-state index in [1.165, 1.54) is 0 Å². The van der Waals surface area contributed by atoms with E-state index in [1.807, 2.05) is 14.0 Å². The van der Waals surface area contributed by atoms with Crippen molar-refractivity contribution in [2.45, 2.75) is 24.2 Å². The van der Waals surface area contributed by atoms with Crippen LogP contribution in [-0.2, 0) is 12.6 Å². The highest BCUT2D eigenvalue weighted by atomic mass is 32.2. The van der Waals surface area contributed by atoms with E-state index in [0.29, 0.717) is 5.75 Å². The predicted molar refractivity (Wildman–Crippen MR) is 60.2 cm³/mol. The fourth-order valence-corrected chi connectivity index (χ4v) is 3.39. The molecule has 0 radical (unpaired) electrons. The number of hydrogen-bond donors (Lipinski definition) is 1. The van der Waals surface area contributed by atoms with Gasteiger partial charge < -0.3 is 9.84 Å². The maximum absolute atomic E-state index is 10.7. The molecule has 4 nitrogen and oxygen atoms in total. The Bertz CT molecular complexity index is 366. The maximum Gasteiger partial charge on any atom is 0.162 e. The first-order valence-electron chi connectivity index (χ1n) is 5.00. The second kappa shape index (κ2) is 3.72. The number of aromatic nitrogens is 2. The molecule has 1 aromatic heterocycles. The summed E-state index contributed by atoms with van der Waals surface area (Å²) in [4.78, 5) is 0. The molecular formula is C10H16N2O2S. The van der Waals surface area contributed by atoms with E-state index < -0.39 is 5.60 Å². The number of ether oxygens (including phenoxy) is 1. The van der Waals surface area contributed by atoms with Gasteiger partial charge in [0.1, 0.15) is 11.3 Å². The molecule has 1 aliphatic heterocycles. The van der Waals surface area contributed by atoms with Gasteiger partial charge in [-0.25, -0.2) is 0 Å². The van der Waals surface area contributed by atoms with Crippen LogP contribution in [0, 0.1) is 0 Å². The molecule has 1 aliphatic rings. The van der Waals surface area contributed by atoms with Crippen molar-refractivity contribution in [1.82, 2.24) is 9.78 Å². The fraction of sp³-hybridized carbons (Fsp3) is 0.700. The average Bonchev–Trinajstić information content (AvgIpc) is 2.72. The predicted octanol–water partition coefficient (Wildman–Crippen LogP) is 1.14. The lowest BCUT2D eigenvalue weighted by Crippen LogP contribution is -2.34. The lowest BCUT2D eigenvalue weighted by molar-refractivity contribution is 0.0319. The Labute approximate surface area is 93.6 Å². The largest absolute Gasteiger partial charge is 0.493 e. The highest BCUT2D eigenvalue weighted by molar-refractivity contribution is 8.00. The molecule has 5 heteroatoms. The number of methoxy groups -OCH3 is 1. The summed E-state index contributed by atoms with van der Waals surface area (Å²) in [6.07, 6.45) is 2.41. The van der Waals surface area contributed by atoms with Gasteiger partial charge in [0, 0.05) is 12.3 Å². The van der Waals surface area contributed by atoms with Crippen LogP contribution >= 0.6 is 11.8 Å². The van der Waals surface area contributed by atoms with Crippen LogP contribution in [0.25, 0.3) is 0 Å². The molecule has 2 atom stereocenters. The van der Waals surface area contributed by atoms with Gasteiger partial charge in [0.25, 0.3) is 0 Å². The highest BCUT2D eigenvalue weighted by Gasteiger charge is 2.44. The summed E-state index contributed by atoms with van der Waals surface area (Å²) in [5, 5.41) is 15.0. The number of rotatable bonds is 2. The zero-order valence-electron chi connectivity index (χ0n) is 9.23. The molecule has 15 heavy (non-hydrogen) atoms. The summed E-state index contributed by atoms with van der Waals surface area (Å²) in [7, 11) is 3.45. The molecule has 2 rings (SSSR count). The van der Waals surface area contributed by atoms with Crippen LogP contribution in [0.3, 0.4) is 0 Å². The van der Waals surface area contributed by atoms with Crippen LogP contribution in [0.1, 0.15) is 19.0 Å². The molecule has 0 amide bonds. The van der Waals surface area contributed by atoms with E-state index in [1.54, 1.807) is 29.8 Å². The molecule has 84 valence electrons. The monoisotopic (exact) mass is 228 g/mol. The van der Waals surface area contributed by atoms with Gasteiger partial charge in [-0.1, -0.05) is 6.92 Å². The molecule has 0 aromatic carbocycles. The second-order valence-electron chi connectivity index (χ2n) is 3.87. The van der Waals surface area contributed by atoms with Crippen molar-refractivity contribution in [3.8, 4) is 5.75 Å². The van der Waals surface area contributed by atoms with Gasteiger partial charge in [-0.2, -0.15) is 16.9 Å². The zero-order chi connectivity index (χ0) is 11.1. The van der Waals surface area contributed by atoms with Crippen LogP contribution in [0.15, 0.2) is 6.20 Å². The summed E-state index contributed by atoms with van der Waals surface area (Å²) in [6.45, 7) is 2.05. The van der Waals surface area contributed by atoms with E-state index in [4.69, 9.17) is 4.74 Å². The summed E-state index contributed by atoms with van der Waals surface area (Å²) in [5.74, 6) is 1.65. The van der Waals surface area contributed by atoms with Gasteiger partial charge in [0.2, 0.25) is 0 Å². The minimum Gasteiger partial charge on any atom is -0.493 e. The van der Waals surface area contributed by atoms with Gasteiger partial charge in [-0.05, 0) is 12.2 Å². The fourth-order valence-electron chi connectivity index (χ4n) is 2.10. The first-order chi connectivity index (χ1) is 7.09. The van der Waals surface area contributed by atoms with Crippen molar-refractivity contribution in [1.29, 1.82) is 0 Å². The Kier molecular flexibility index (Phi) is 2.68. The molecule has 1 saturated heterocycles. The van der Waals surface area contributed by atoms with Gasteiger partial charge in [0.05, 0.1) is 13.3 Å². The number of aliphatic hydroxyl groups is 1. The topological polar surface area (TPSA) is 47.3 Å². The third-order valence-electron chi connectivity index (χ3n) is 3.06. The van der Waals surface area contributed by atoms with Crippen LogP contribution in [0.2, 0.25) is 0 Å². The van der Waals surface area contributed by atoms with E-state index in [2.05, 4.69) is 5.10 Å². The third kappa shape index (κ3) is 1.54. The molecular weight excluding hydrogens is 212 g/mol. The lowest BCUT2D eigenvalue weighted by Gasteiger charge is -2.27. The lowest BCUT2D eigenvalue weighted by atomic mass is 9.92. The quantitative estimate of drug-likeness (QED) is 0.824. The molecule has 2 heterocycles. The Balaban J connectivity index is 2.47.